The molecule has 1 heterocycles. The SMILES string of the molecule is COCCOCC(=O)N1CCC[C@H](c2cccc(C)c2)C1. The van der Waals surface area contributed by atoms with Crippen molar-refractivity contribution in [2.24, 2.45) is 0 Å². The van der Waals surface area contributed by atoms with Crippen LogP contribution in [0.2, 0.25) is 0 Å². The summed E-state index contributed by atoms with van der Waals surface area (Å²) >= 11 is 0. The maximum absolute atomic E-state index is 12.2. The molecule has 116 valence electrons. The van der Waals surface area contributed by atoms with Crippen molar-refractivity contribution in [3.8, 4) is 0 Å². The van der Waals surface area contributed by atoms with Gasteiger partial charge in [0.15, 0.2) is 0 Å². The lowest BCUT2D eigenvalue weighted by atomic mass is 9.90. The normalized spacial score (nSPS) is 18.8. The third-order valence-electron chi connectivity index (χ3n) is 3.94. The minimum absolute atomic E-state index is 0.0865. The molecule has 1 fully saturated rings. The van der Waals surface area contributed by atoms with E-state index in [1.807, 2.05) is 4.90 Å². The lowest BCUT2D eigenvalue weighted by molar-refractivity contribution is -0.137. The van der Waals surface area contributed by atoms with Gasteiger partial charge in [0.25, 0.3) is 0 Å². The van der Waals surface area contributed by atoms with E-state index in [4.69, 9.17) is 9.47 Å². The van der Waals surface area contributed by atoms with Crippen molar-refractivity contribution in [2.75, 3.05) is 40.0 Å². The zero-order valence-corrected chi connectivity index (χ0v) is 13.0. The third kappa shape index (κ3) is 4.83. The summed E-state index contributed by atoms with van der Waals surface area (Å²) in [6.07, 6.45) is 2.21. The molecule has 1 amide bonds. The number of nitrogens with zero attached hydrogens (tertiary/aromatic N) is 1. The molecule has 1 aromatic carbocycles. The topological polar surface area (TPSA) is 38.8 Å². The molecule has 21 heavy (non-hydrogen) atoms. The highest BCUT2D eigenvalue weighted by Crippen LogP contribution is 2.27. The van der Waals surface area contributed by atoms with Crippen molar-refractivity contribution in [2.45, 2.75) is 25.7 Å². The Morgan fingerprint density at radius 3 is 3.00 bits per heavy atom. The number of likely N-dealkylation sites (tertiary alicyclic amines) is 1. The lowest BCUT2D eigenvalue weighted by Gasteiger charge is -2.33. The molecule has 1 aliphatic heterocycles. The van der Waals surface area contributed by atoms with Crippen LogP contribution in [-0.2, 0) is 14.3 Å². The Morgan fingerprint density at radius 2 is 2.24 bits per heavy atom. The highest BCUT2D eigenvalue weighted by Gasteiger charge is 2.24. The van der Waals surface area contributed by atoms with Crippen LogP contribution >= 0.6 is 0 Å². The number of amides is 1. The van der Waals surface area contributed by atoms with Gasteiger partial charge in [0, 0.05) is 26.1 Å². The Bertz CT molecular complexity index is 461. The maximum Gasteiger partial charge on any atom is 0.248 e. The standard InChI is InChI=1S/C17H25NO3/c1-14-5-3-6-15(11-14)16-7-4-8-18(12-16)17(19)13-21-10-9-20-2/h3,5-6,11,16H,4,7-10,12-13H2,1-2H3/t16-/m0/s1. The average molecular weight is 291 g/mol. The minimum Gasteiger partial charge on any atom is -0.382 e. The summed E-state index contributed by atoms with van der Waals surface area (Å²) in [5.41, 5.74) is 2.62. The van der Waals surface area contributed by atoms with Gasteiger partial charge in [-0.25, -0.2) is 0 Å². The molecule has 1 aliphatic rings. The Kier molecular flexibility index (Phi) is 6.21. The molecule has 4 nitrogen and oxygen atoms in total. The van der Waals surface area contributed by atoms with Gasteiger partial charge in [0.1, 0.15) is 6.61 Å². The molecule has 0 aromatic heterocycles. The van der Waals surface area contributed by atoms with Gasteiger partial charge in [-0.3, -0.25) is 4.79 Å². The third-order valence-corrected chi connectivity index (χ3v) is 3.94. The molecule has 0 bridgehead atoms. The maximum atomic E-state index is 12.2. The Hall–Kier alpha value is -1.39. The summed E-state index contributed by atoms with van der Waals surface area (Å²) < 4.78 is 10.2. The van der Waals surface area contributed by atoms with E-state index in [-0.39, 0.29) is 12.5 Å². The van der Waals surface area contributed by atoms with Crippen molar-refractivity contribution in [3.05, 3.63) is 35.4 Å². The van der Waals surface area contributed by atoms with Gasteiger partial charge in [0.2, 0.25) is 5.91 Å². The first kappa shape index (κ1) is 16.0. The number of aryl methyl sites for hydroxylation is 1. The predicted octanol–water partition coefficient (Wildman–Crippen LogP) is 2.36. The van der Waals surface area contributed by atoms with E-state index in [1.165, 1.54) is 11.1 Å². The van der Waals surface area contributed by atoms with Crippen LogP contribution in [0.25, 0.3) is 0 Å². The second-order valence-electron chi connectivity index (χ2n) is 5.64. The lowest BCUT2D eigenvalue weighted by Crippen LogP contribution is -2.41. The molecule has 1 aromatic rings. The van der Waals surface area contributed by atoms with Crippen molar-refractivity contribution < 1.29 is 14.3 Å². The molecule has 0 aliphatic carbocycles. The second-order valence-corrected chi connectivity index (χ2v) is 5.64. The van der Waals surface area contributed by atoms with E-state index in [0.717, 1.165) is 25.9 Å². The molecule has 4 heteroatoms. The van der Waals surface area contributed by atoms with E-state index in [1.54, 1.807) is 7.11 Å². The number of carbonyl (C=O) groups excluding carboxylic acids is 1. The number of hydrogen-bond acceptors (Lipinski definition) is 3. The molecule has 1 atom stereocenters. The van der Waals surface area contributed by atoms with Crippen LogP contribution in [0.5, 0.6) is 0 Å². The number of piperidine rings is 1. The molecule has 0 radical (unpaired) electrons. The minimum atomic E-state index is 0.0865. The van der Waals surface area contributed by atoms with Crippen LogP contribution in [-0.4, -0.2) is 50.8 Å². The van der Waals surface area contributed by atoms with Crippen LogP contribution in [0.4, 0.5) is 0 Å². The van der Waals surface area contributed by atoms with Gasteiger partial charge in [-0.15, -0.1) is 0 Å². The van der Waals surface area contributed by atoms with Gasteiger partial charge in [-0.05, 0) is 25.3 Å². The van der Waals surface area contributed by atoms with Crippen LogP contribution in [0, 0.1) is 6.92 Å². The van der Waals surface area contributed by atoms with Crippen molar-refractivity contribution in [1.82, 2.24) is 4.90 Å². The van der Waals surface area contributed by atoms with Crippen LogP contribution in [0.3, 0.4) is 0 Å². The second kappa shape index (κ2) is 8.15. The molecule has 0 unspecified atom stereocenters. The smallest absolute Gasteiger partial charge is 0.248 e. The van der Waals surface area contributed by atoms with E-state index in [9.17, 15) is 4.79 Å². The van der Waals surface area contributed by atoms with E-state index >= 15 is 0 Å². The van der Waals surface area contributed by atoms with Crippen LogP contribution in [0.15, 0.2) is 24.3 Å². The van der Waals surface area contributed by atoms with E-state index < -0.39 is 0 Å². The highest BCUT2D eigenvalue weighted by molar-refractivity contribution is 5.77. The Labute approximate surface area is 127 Å². The zero-order valence-electron chi connectivity index (χ0n) is 13.0. The van der Waals surface area contributed by atoms with Gasteiger partial charge < -0.3 is 14.4 Å². The highest BCUT2D eigenvalue weighted by atomic mass is 16.5. The number of ether oxygens (including phenoxy) is 2. The predicted molar refractivity (Wildman–Crippen MR) is 82.4 cm³/mol. The molecular weight excluding hydrogens is 266 g/mol. The zero-order chi connectivity index (χ0) is 15.1. The number of benzene rings is 1. The van der Waals surface area contributed by atoms with Gasteiger partial charge in [-0.2, -0.15) is 0 Å². The van der Waals surface area contributed by atoms with Gasteiger partial charge in [0.05, 0.1) is 13.2 Å². The summed E-state index contributed by atoms with van der Waals surface area (Å²) in [6, 6.07) is 8.60. The molecule has 1 saturated heterocycles. The Balaban J connectivity index is 1.87. The average Bonchev–Trinajstić information content (AvgIpc) is 2.51. The first-order valence-corrected chi connectivity index (χ1v) is 7.61. The van der Waals surface area contributed by atoms with Gasteiger partial charge >= 0.3 is 0 Å². The van der Waals surface area contributed by atoms with Crippen molar-refractivity contribution >= 4 is 5.91 Å². The van der Waals surface area contributed by atoms with Crippen LogP contribution in [0.1, 0.15) is 29.9 Å². The number of methoxy groups -OCH3 is 1. The van der Waals surface area contributed by atoms with Crippen LogP contribution < -0.4 is 0 Å². The Morgan fingerprint density at radius 1 is 1.38 bits per heavy atom. The largest absolute Gasteiger partial charge is 0.382 e. The summed E-state index contributed by atoms with van der Waals surface area (Å²) in [6.45, 7) is 4.91. The molecule has 0 N–H and O–H groups in total. The van der Waals surface area contributed by atoms with E-state index in [0.29, 0.717) is 19.1 Å². The first-order valence-electron chi connectivity index (χ1n) is 7.61. The number of rotatable bonds is 6. The fraction of sp³-hybridized carbons (Fsp3) is 0.588. The molecule has 0 saturated carbocycles. The van der Waals surface area contributed by atoms with Crippen molar-refractivity contribution in [3.63, 3.8) is 0 Å². The number of hydrogen-bond donors (Lipinski definition) is 0. The summed E-state index contributed by atoms with van der Waals surface area (Å²) in [5, 5.41) is 0. The first-order chi connectivity index (χ1) is 10.2. The van der Waals surface area contributed by atoms with Crippen molar-refractivity contribution in [1.29, 1.82) is 0 Å². The quantitative estimate of drug-likeness (QED) is 0.755. The monoisotopic (exact) mass is 291 g/mol. The summed E-state index contributed by atoms with van der Waals surface area (Å²) in [7, 11) is 1.63. The number of carbonyl (C=O) groups is 1. The summed E-state index contributed by atoms with van der Waals surface area (Å²) in [5.74, 6) is 0.532. The fourth-order valence-electron chi connectivity index (χ4n) is 2.79. The molecular formula is C17H25NO3. The summed E-state index contributed by atoms with van der Waals surface area (Å²) in [4.78, 5) is 14.1. The fourth-order valence-corrected chi connectivity index (χ4v) is 2.79. The molecule has 2 rings (SSSR count). The van der Waals surface area contributed by atoms with Gasteiger partial charge in [-0.1, -0.05) is 29.8 Å². The van der Waals surface area contributed by atoms with E-state index in [2.05, 4.69) is 31.2 Å². The molecule has 0 spiro atoms.